The van der Waals surface area contributed by atoms with Crippen molar-refractivity contribution < 1.29 is 4.74 Å². The monoisotopic (exact) mass is 738 g/mol. The summed E-state index contributed by atoms with van der Waals surface area (Å²) >= 11 is 0. The summed E-state index contributed by atoms with van der Waals surface area (Å²) in [4.78, 5) is 13.9. The summed E-state index contributed by atoms with van der Waals surface area (Å²) in [5, 5.41) is 13.7. The molecule has 0 unspecified atom stereocenters. The molecule has 9 heteroatoms. The fourth-order valence-corrected chi connectivity index (χ4v) is 8.44. The van der Waals surface area contributed by atoms with Crippen LogP contribution in [0.3, 0.4) is 0 Å². The number of nitrogens with zero attached hydrogens (tertiary/aromatic N) is 8. The van der Waals surface area contributed by atoms with Crippen LogP contribution < -0.4 is 4.74 Å². The maximum atomic E-state index is 9.77. The zero-order valence-electron chi connectivity index (χ0n) is 31.7. The van der Waals surface area contributed by atoms with Gasteiger partial charge in [0.15, 0.2) is 5.69 Å². The predicted molar refractivity (Wildman–Crippen MR) is 226 cm³/mol. The fraction of sp³-hybridized carbons (Fsp3) is 0.0833. The molecule has 0 amide bonds. The highest BCUT2D eigenvalue weighted by Crippen LogP contribution is 2.39. The molecule has 10 rings (SSSR count). The molecular formula is C48H34N8O. The minimum atomic E-state index is 0.418. The van der Waals surface area contributed by atoms with E-state index in [1.165, 1.54) is 0 Å². The number of imidazole rings is 2. The van der Waals surface area contributed by atoms with Gasteiger partial charge in [0.1, 0.15) is 5.75 Å². The van der Waals surface area contributed by atoms with E-state index in [9.17, 15) is 5.26 Å². The van der Waals surface area contributed by atoms with Crippen LogP contribution >= 0.6 is 0 Å². The summed E-state index contributed by atoms with van der Waals surface area (Å²) in [5.41, 5.74) is 11.4. The summed E-state index contributed by atoms with van der Waals surface area (Å²) in [5.74, 6) is 2.41. The lowest BCUT2D eigenvalue weighted by Crippen LogP contribution is -2.07. The molecule has 57 heavy (non-hydrogen) atoms. The predicted octanol–water partition coefficient (Wildman–Crippen LogP) is 11.7. The SMILES string of the molecule is [C-]#[N+]c1ccc2c(c1)c1ccc(Oc3cn(-c4c(C)cccc4C)c(-n4c5ccccc5c5cc(C#N)ccc54)n3)cc1n2-c1nccn1-c1c(C)cccc1C. The molecule has 9 nitrogen and oxygen atoms in total. The van der Waals surface area contributed by atoms with Gasteiger partial charge in [0.05, 0.1) is 57.8 Å². The second kappa shape index (κ2) is 12.9. The van der Waals surface area contributed by atoms with Gasteiger partial charge in [-0.25, -0.2) is 9.83 Å². The smallest absolute Gasteiger partial charge is 0.239 e. The van der Waals surface area contributed by atoms with Crippen LogP contribution in [0, 0.1) is 45.6 Å². The molecule has 0 atom stereocenters. The molecule has 0 fully saturated rings. The minimum Gasteiger partial charge on any atom is -0.437 e. The van der Waals surface area contributed by atoms with Crippen molar-refractivity contribution in [1.29, 1.82) is 5.26 Å². The first kappa shape index (κ1) is 33.7. The van der Waals surface area contributed by atoms with Gasteiger partial charge in [-0.15, -0.1) is 0 Å². The molecule has 6 aromatic carbocycles. The molecule has 0 aliphatic carbocycles. The van der Waals surface area contributed by atoms with Crippen molar-refractivity contribution in [3.8, 4) is 41.0 Å². The Morgan fingerprint density at radius 1 is 0.614 bits per heavy atom. The van der Waals surface area contributed by atoms with Crippen molar-refractivity contribution in [3.63, 3.8) is 0 Å². The number of ether oxygens (including phenoxy) is 1. The minimum absolute atomic E-state index is 0.418. The lowest BCUT2D eigenvalue weighted by atomic mass is 10.1. The highest BCUT2D eigenvalue weighted by atomic mass is 16.5. The molecule has 0 saturated heterocycles. The number of nitriles is 1. The largest absolute Gasteiger partial charge is 0.437 e. The third-order valence-electron chi connectivity index (χ3n) is 10.9. The van der Waals surface area contributed by atoms with Crippen LogP contribution in [0.15, 0.2) is 134 Å². The van der Waals surface area contributed by atoms with E-state index in [-0.39, 0.29) is 0 Å². The number of aromatic nitrogens is 6. The number of rotatable bonds is 6. The summed E-state index contributed by atoms with van der Waals surface area (Å²) in [7, 11) is 0. The molecule has 0 radical (unpaired) electrons. The Hall–Kier alpha value is -7.88. The van der Waals surface area contributed by atoms with Crippen molar-refractivity contribution >= 4 is 49.3 Å². The number of aryl methyl sites for hydroxylation is 4. The van der Waals surface area contributed by atoms with Gasteiger partial charge in [0.25, 0.3) is 0 Å². The Morgan fingerprint density at radius 2 is 1.25 bits per heavy atom. The molecule has 0 N–H and O–H groups in total. The number of hydrogen-bond donors (Lipinski definition) is 0. The number of hydrogen-bond acceptors (Lipinski definition) is 4. The summed E-state index contributed by atoms with van der Waals surface area (Å²) in [6, 6.07) is 40.7. The zero-order valence-corrected chi connectivity index (χ0v) is 31.7. The zero-order chi connectivity index (χ0) is 38.9. The molecule has 0 bridgehead atoms. The van der Waals surface area contributed by atoms with E-state index < -0.39 is 0 Å². The molecule has 0 aliphatic rings. The first-order chi connectivity index (χ1) is 27.8. The number of fused-ring (bicyclic) bond motifs is 6. The van der Waals surface area contributed by atoms with Gasteiger partial charge in [0, 0.05) is 34.6 Å². The average molecular weight is 739 g/mol. The molecule has 4 heterocycles. The van der Waals surface area contributed by atoms with Crippen molar-refractivity contribution in [3.05, 3.63) is 173 Å². The van der Waals surface area contributed by atoms with Crippen LogP contribution in [0.1, 0.15) is 27.8 Å². The second-order valence-electron chi connectivity index (χ2n) is 14.5. The van der Waals surface area contributed by atoms with E-state index in [4.69, 9.17) is 21.3 Å². The molecule has 4 aromatic heterocycles. The van der Waals surface area contributed by atoms with Crippen LogP contribution in [0.25, 0.3) is 71.7 Å². The van der Waals surface area contributed by atoms with Gasteiger partial charge in [-0.05, 0) is 104 Å². The van der Waals surface area contributed by atoms with Gasteiger partial charge in [-0.2, -0.15) is 10.2 Å². The van der Waals surface area contributed by atoms with Crippen LogP contribution in [0.4, 0.5) is 5.69 Å². The molecule has 0 saturated carbocycles. The van der Waals surface area contributed by atoms with Crippen LogP contribution in [-0.4, -0.2) is 28.2 Å². The third kappa shape index (κ3) is 5.21. The molecular weight excluding hydrogens is 705 g/mol. The van der Waals surface area contributed by atoms with Gasteiger partial charge in [-0.3, -0.25) is 18.3 Å². The van der Waals surface area contributed by atoms with E-state index in [0.29, 0.717) is 28.8 Å². The molecule has 272 valence electrons. The molecule has 0 spiro atoms. The first-order valence-electron chi connectivity index (χ1n) is 18.7. The normalized spacial score (nSPS) is 11.5. The van der Waals surface area contributed by atoms with Crippen LogP contribution in [0.5, 0.6) is 11.6 Å². The quantitative estimate of drug-likeness (QED) is 0.159. The Bertz CT molecular complexity index is 3320. The summed E-state index contributed by atoms with van der Waals surface area (Å²) in [6.07, 6.45) is 5.77. The highest BCUT2D eigenvalue weighted by molar-refractivity contribution is 6.11. The van der Waals surface area contributed by atoms with Gasteiger partial charge in [0.2, 0.25) is 17.8 Å². The van der Waals surface area contributed by atoms with Gasteiger partial charge >= 0.3 is 0 Å². The highest BCUT2D eigenvalue weighted by Gasteiger charge is 2.23. The summed E-state index contributed by atoms with van der Waals surface area (Å²) < 4.78 is 15.3. The van der Waals surface area contributed by atoms with Crippen LogP contribution in [-0.2, 0) is 0 Å². The lowest BCUT2D eigenvalue weighted by Gasteiger charge is -2.15. The van der Waals surface area contributed by atoms with Crippen molar-refractivity contribution in [2.45, 2.75) is 27.7 Å². The van der Waals surface area contributed by atoms with Crippen molar-refractivity contribution in [2.75, 3.05) is 0 Å². The second-order valence-corrected chi connectivity index (χ2v) is 14.5. The third-order valence-corrected chi connectivity index (χ3v) is 10.9. The van der Waals surface area contributed by atoms with E-state index in [2.05, 4.69) is 105 Å². The fourth-order valence-electron chi connectivity index (χ4n) is 8.44. The Morgan fingerprint density at radius 3 is 1.96 bits per heavy atom. The van der Waals surface area contributed by atoms with Crippen molar-refractivity contribution in [2.24, 2.45) is 0 Å². The maximum Gasteiger partial charge on any atom is 0.239 e. The van der Waals surface area contributed by atoms with Crippen LogP contribution in [0.2, 0.25) is 0 Å². The van der Waals surface area contributed by atoms with E-state index in [1.807, 2.05) is 85.3 Å². The lowest BCUT2D eigenvalue weighted by molar-refractivity contribution is 0.465. The topological polar surface area (TPSA) is 82.9 Å². The summed E-state index contributed by atoms with van der Waals surface area (Å²) in [6.45, 7) is 16.2. The molecule has 0 aliphatic heterocycles. The van der Waals surface area contributed by atoms with Crippen molar-refractivity contribution in [1.82, 2.24) is 28.2 Å². The van der Waals surface area contributed by atoms with E-state index in [1.54, 1.807) is 0 Å². The average Bonchev–Trinajstić information content (AvgIpc) is 3.99. The Balaban J connectivity index is 1.18. The van der Waals surface area contributed by atoms with E-state index in [0.717, 1.165) is 83.2 Å². The molecule has 10 aromatic rings. The maximum absolute atomic E-state index is 9.77. The standard InChI is InChI=1S/C48H34N8O/c1-29-10-8-11-30(2)45(29)53-23-22-51-47(53)56-42-21-17-34(50-5)25-39(42)37-19-18-35(26-43(37)56)57-44-28-54(46-31(3)12-9-13-32(46)4)48(52-44)55-40-15-7-6-14-36(40)38-24-33(27-49)16-20-41(38)55/h6-26,28H,1-4H3. The Kier molecular flexibility index (Phi) is 7.60. The first-order valence-corrected chi connectivity index (χ1v) is 18.7. The Labute approximate surface area is 328 Å². The number of benzene rings is 6. The van der Waals surface area contributed by atoms with Gasteiger partial charge < -0.3 is 4.74 Å². The van der Waals surface area contributed by atoms with E-state index >= 15 is 0 Å². The number of para-hydroxylation sites is 3. The van der Waals surface area contributed by atoms with Gasteiger partial charge in [-0.1, -0.05) is 60.7 Å².